The van der Waals surface area contributed by atoms with Crippen LogP contribution in [0.25, 0.3) is 0 Å². The molecule has 104 valence electrons. The van der Waals surface area contributed by atoms with Gasteiger partial charge in [0.25, 0.3) is 0 Å². The van der Waals surface area contributed by atoms with Crippen LogP contribution < -0.4 is 10.5 Å². The molecule has 0 aromatic heterocycles. The molecule has 0 atom stereocenters. The molecule has 0 aliphatic heterocycles. The van der Waals surface area contributed by atoms with E-state index in [9.17, 15) is 12.8 Å². The lowest BCUT2D eigenvalue weighted by molar-refractivity contribution is 0.585. The van der Waals surface area contributed by atoms with E-state index >= 15 is 0 Å². The Balaban J connectivity index is 2.33. The molecule has 1 fully saturated rings. The topological polar surface area (TPSA) is 96.0 Å². The van der Waals surface area contributed by atoms with Gasteiger partial charge in [0.2, 0.25) is 10.0 Å². The fourth-order valence-corrected chi connectivity index (χ4v) is 3.92. The maximum absolute atomic E-state index is 13.6. The summed E-state index contributed by atoms with van der Waals surface area (Å²) in [6.07, 6.45) is 2.99. The lowest BCUT2D eigenvalue weighted by atomic mass is 10.1. The minimum absolute atomic E-state index is 0.0272. The normalized spacial score (nSPS) is 16.5. The average molecular weight is 285 g/mol. The summed E-state index contributed by atoms with van der Waals surface area (Å²) in [7, 11) is -3.55. The Morgan fingerprint density at radius 1 is 1.37 bits per heavy atom. The predicted octanol–water partition coefficient (Wildman–Crippen LogP) is 1.79. The standard InChI is InChI=1S/C12H16FN3O2S/c13-9-6-3-7-10(11(9)12(14)15)16-19(17,18)8-4-1-2-5-8/h3,6-8,16H,1-2,4-5H2,(H3,14,15). The van der Waals surface area contributed by atoms with Crippen molar-refractivity contribution in [1.29, 1.82) is 5.41 Å². The van der Waals surface area contributed by atoms with Gasteiger partial charge in [-0.15, -0.1) is 0 Å². The number of amidine groups is 1. The van der Waals surface area contributed by atoms with Crippen molar-refractivity contribution in [3.63, 3.8) is 0 Å². The highest BCUT2D eigenvalue weighted by Crippen LogP contribution is 2.27. The van der Waals surface area contributed by atoms with E-state index in [1.165, 1.54) is 12.1 Å². The molecule has 1 saturated carbocycles. The predicted molar refractivity (Wildman–Crippen MR) is 72.2 cm³/mol. The zero-order chi connectivity index (χ0) is 14.0. The van der Waals surface area contributed by atoms with Crippen LogP contribution in [0.4, 0.5) is 10.1 Å². The van der Waals surface area contributed by atoms with Crippen molar-refractivity contribution >= 4 is 21.5 Å². The van der Waals surface area contributed by atoms with Gasteiger partial charge in [0.15, 0.2) is 0 Å². The summed E-state index contributed by atoms with van der Waals surface area (Å²) in [6.45, 7) is 0. The van der Waals surface area contributed by atoms with Gasteiger partial charge in [0.05, 0.1) is 16.5 Å². The van der Waals surface area contributed by atoms with E-state index in [0.29, 0.717) is 12.8 Å². The number of halogens is 1. The second-order valence-electron chi connectivity index (χ2n) is 4.63. The molecule has 5 nitrogen and oxygen atoms in total. The SMILES string of the molecule is N=C(N)c1c(F)cccc1NS(=O)(=O)C1CCCC1. The summed E-state index contributed by atoms with van der Waals surface area (Å²) in [5.74, 6) is -1.21. The number of nitrogens with one attached hydrogen (secondary N) is 2. The first-order valence-electron chi connectivity index (χ1n) is 6.06. The van der Waals surface area contributed by atoms with Crippen molar-refractivity contribution in [3.05, 3.63) is 29.6 Å². The molecule has 0 heterocycles. The first-order valence-corrected chi connectivity index (χ1v) is 7.61. The second kappa shape index (κ2) is 5.16. The first kappa shape index (κ1) is 13.8. The number of nitrogens with two attached hydrogens (primary N) is 1. The third-order valence-corrected chi connectivity index (χ3v) is 5.13. The second-order valence-corrected chi connectivity index (χ2v) is 6.59. The van der Waals surface area contributed by atoms with Crippen LogP contribution in [0.2, 0.25) is 0 Å². The zero-order valence-electron chi connectivity index (χ0n) is 10.3. The molecule has 0 unspecified atom stereocenters. The van der Waals surface area contributed by atoms with Crippen LogP contribution in [0.5, 0.6) is 0 Å². The van der Waals surface area contributed by atoms with E-state index in [2.05, 4.69) is 4.72 Å². The third-order valence-electron chi connectivity index (χ3n) is 3.28. The van der Waals surface area contributed by atoms with Gasteiger partial charge < -0.3 is 5.73 Å². The fraction of sp³-hybridized carbons (Fsp3) is 0.417. The van der Waals surface area contributed by atoms with Gasteiger partial charge >= 0.3 is 0 Å². The van der Waals surface area contributed by atoms with Crippen molar-refractivity contribution in [1.82, 2.24) is 0 Å². The number of rotatable bonds is 4. The van der Waals surface area contributed by atoms with Gasteiger partial charge in [-0.1, -0.05) is 18.9 Å². The van der Waals surface area contributed by atoms with Crippen LogP contribution in [0.1, 0.15) is 31.2 Å². The first-order chi connectivity index (χ1) is 8.92. The summed E-state index contributed by atoms with van der Waals surface area (Å²) < 4.78 is 40.2. The van der Waals surface area contributed by atoms with Crippen molar-refractivity contribution in [2.75, 3.05) is 4.72 Å². The molecule has 7 heteroatoms. The van der Waals surface area contributed by atoms with E-state index in [1.807, 2.05) is 0 Å². The Morgan fingerprint density at radius 3 is 2.58 bits per heavy atom. The Kier molecular flexibility index (Phi) is 3.75. The molecule has 1 aromatic rings. The van der Waals surface area contributed by atoms with Crippen LogP contribution >= 0.6 is 0 Å². The van der Waals surface area contributed by atoms with E-state index in [0.717, 1.165) is 18.9 Å². The van der Waals surface area contributed by atoms with Crippen molar-refractivity contribution < 1.29 is 12.8 Å². The fourth-order valence-electron chi connectivity index (χ4n) is 2.32. The molecular weight excluding hydrogens is 269 g/mol. The van der Waals surface area contributed by atoms with Crippen LogP contribution in [0.15, 0.2) is 18.2 Å². The van der Waals surface area contributed by atoms with Crippen molar-refractivity contribution in [3.8, 4) is 0 Å². The lowest BCUT2D eigenvalue weighted by Crippen LogP contribution is -2.27. The highest BCUT2D eigenvalue weighted by Gasteiger charge is 2.29. The molecule has 19 heavy (non-hydrogen) atoms. The molecule has 1 aliphatic rings. The van der Waals surface area contributed by atoms with Gasteiger partial charge in [-0.3, -0.25) is 10.1 Å². The van der Waals surface area contributed by atoms with Gasteiger partial charge in [-0.25, -0.2) is 12.8 Å². The Morgan fingerprint density at radius 2 is 2.00 bits per heavy atom. The highest BCUT2D eigenvalue weighted by molar-refractivity contribution is 7.93. The Labute approximate surface area is 111 Å². The number of nitrogen functional groups attached to an aromatic ring is 1. The number of hydrogen-bond donors (Lipinski definition) is 3. The third kappa shape index (κ3) is 2.86. The largest absolute Gasteiger partial charge is 0.384 e. The average Bonchev–Trinajstić information content (AvgIpc) is 2.81. The summed E-state index contributed by atoms with van der Waals surface area (Å²) >= 11 is 0. The van der Waals surface area contributed by atoms with Crippen molar-refractivity contribution in [2.45, 2.75) is 30.9 Å². The summed E-state index contributed by atoms with van der Waals surface area (Å²) in [5, 5.41) is 6.89. The van der Waals surface area contributed by atoms with Crippen LogP contribution in [0, 0.1) is 11.2 Å². The Hall–Kier alpha value is -1.63. The summed E-state index contributed by atoms with van der Waals surface area (Å²) in [4.78, 5) is 0. The maximum atomic E-state index is 13.6. The van der Waals surface area contributed by atoms with Crippen LogP contribution in [0.3, 0.4) is 0 Å². The number of hydrogen-bond acceptors (Lipinski definition) is 3. The molecule has 0 amide bonds. The quantitative estimate of drug-likeness (QED) is 0.581. The molecule has 0 spiro atoms. The van der Waals surface area contributed by atoms with E-state index < -0.39 is 26.9 Å². The monoisotopic (exact) mass is 285 g/mol. The molecule has 0 bridgehead atoms. The van der Waals surface area contributed by atoms with Gasteiger partial charge in [0.1, 0.15) is 11.7 Å². The van der Waals surface area contributed by atoms with E-state index in [4.69, 9.17) is 11.1 Å². The van der Waals surface area contributed by atoms with Gasteiger partial charge in [-0.05, 0) is 25.0 Å². The molecule has 1 aromatic carbocycles. The van der Waals surface area contributed by atoms with E-state index in [1.54, 1.807) is 0 Å². The number of benzene rings is 1. The molecule has 2 rings (SSSR count). The Bertz CT molecular complexity index is 595. The maximum Gasteiger partial charge on any atom is 0.235 e. The minimum Gasteiger partial charge on any atom is -0.384 e. The van der Waals surface area contributed by atoms with E-state index in [-0.39, 0.29) is 11.3 Å². The number of sulfonamides is 1. The highest BCUT2D eigenvalue weighted by atomic mass is 32.2. The summed E-state index contributed by atoms with van der Waals surface area (Å²) in [5.41, 5.74) is 5.12. The minimum atomic E-state index is -3.55. The molecule has 1 aliphatic carbocycles. The smallest absolute Gasteiger partial charge is 0.235 e. The van der Waals surface area contributed by atoms with Gasteiger partial charge in [0, 0.05) is 0 Å². The molecule has 0 saturated heterocycles. The van der Waals surface area contributed by atoms with Crippen LogP contribution in [-0.2, 0) is 10.0 Å². The lowest BCUT2D eigenvalue weighted by Gasteiger charge is -2.16. The van der Waals surface area contributed by atoms with Gasteiger partial charge in [-0.2, -0.15) is 0 Å². The molecule has 0 radical (unpaired) electrons. The molecule has 4 N–H and O–H groups in total. The zero-order valence-corrected chi connectivity index (χ0v) is 11.1. The number of anilines is 1. The van der Waals surface area contributed by atoms with Crippen LogP contribution in [-0.4, -0.2) is 19.5 Å². The van der Waals surface area contributed by atoms with Crippen molar-refractivity contribution in [2.24, 2.45) is 5.73 Å². The molecular formula is C12H16FN3O2S. The summed E-state index contributed by atoms with van der Waals surface area (Å²) in [6, 6.07) is 3.94.